The van der Waals surface area contributed by atoms with E-state index in [2.05, 4.69) is 23.5 Å². The van der Waals surface area contributed by atoms with E-state index in [1.54, 1.807) is 12.1 Å². The second-order valence-electron chi connectivity index (χ2n) is 6.54. The highest BCUT2D eigenvalue weighted by Gasteiger charge is 2.38. The molecule has 122 valence electrons. The van der Waals surface area contributed by atoms with Crippen LogP contribution in [0.25, 0.3) is 0 Å². The van der Waals surface area contributed by atoms with E-state index < -0.39 is 5.97 Å². The van der Waals surface area contributed by atoms with Crippen LogP contribution in [0, 0.1) is 12.8 Å². The van der Waals surface area contributed by atoms with Gasteiger partial charge in [0.05, 0.1) is 11.6 Å². The van der Waals surface area contributed by atoms with Gasteiger partial charge in [-0.15, -0.1) is 0 Å². The van der Waals surface area contributed by atoms with Crippen molar-refractivity contribution in [1.82, 2.24) is 0 Å². The Morgan fingerprint density at radius 3 is 2.67 bits per heavy atom. The van der Waals surface area contributed by atoms with E-state index in [1.807, 2.05) is 25.1 Å². The van der Waals surface area contributed by atoms with Gasteiger partial charge in [0.25, 0.3) is 0 Å². The molecule has 2 N–H and O–H groups in total. The highest BCUT2D eigenvalue weighted by Crippen LogP contribution is 2.51. The molecule has 0 saturated carbocycles. The zero-order valence-electron chi connectivity index (χ0n) is 13.3. The van der Waals surface area contributed by atoms with Crippen LogP contribution in [-0.4, -0.2) is 11.1 Å². The summed E-state index contributed by atoms with van der Waals surface area (Å²) in [5, 5.41) is 13.5. The molecule has 2 aromatic carbocycles. The van der Waals surface area contributed by atoms with E-state index in [0.29, 0.717) is 17.4 Å². The fourth-order valence-electron chi connectivity index (χ4n) is 3.95. The van der Waals surface area contributed by atoms with E-state index in [4.69, 9.17) is 16.7 Å². The summed E-state index contributed by atoms with van der Waals surface area (Å²) in [6.07, 6.45) is 5.55. The Labute approximate surface area is 146 Å². The Bertz CT molecular complexity index is 841. The van der Waals surface area contributed by atoms with Gasteiger partial charge in [0.2, 0.25) is 0 Å². The predicted molar refractivity (Wildman–Crippen MR) is 95.9 cm³/mol. The molecule has 0 aromatic heterocycles. The molecule has 0 spiro atoms. The smallest absolute Gasteiger partial charge is 0.335 e. The van der Waals surface area contributed by atoms with Crippen molar-refractivity contribution < 1.29 is 9.90 Å². The van der Waals surface area contributed by atoms with Crippen LogP contribution in [0.4, 0.5) is 5.69 Å². The van der Waals surface area contributed by atoms with Gasteiger partial charge in [-0.05, 0) is 54.2 Å². The summed E-state index contributed by atoms with van der Waals surface area (Å²) in [6.45, 7) is 2.04. The van der Waals surface area contributed by atoms with Crippen LogP contribution >= 0.6 is 11.6 Å². The summed E-state index contributed by atoms with van der Waals surface area (Å²) in [5.41, 5.74) is 4.91. The maximum absolute atomic E-state index is 11.1. The molecule has 3 unspecified atom stereocenters. The van der Waals surface area contributed by atoms with Gasteiger partial charge in [0, 0.05) is 16.6 Å². The highest BCUT2D eigenvalue weighted by atomic mass is 35.5. The quantitative estimate of drug-likeness (QED) is 0.742. The van der Waals surface area contributed by atoms with Crippen LogP contribution in [0.1, 0.15) is 45.4 Å². The topological polar surface area (TPSA) is 49.3 Å². The molecule has 24 heavy (non-hydrogen) atoms. The molecule has 0 bridgehead atoms. The Morgan fingerprint density at radius 2 is 1.96 bits per heavy atom. The molecule has 0 radical (unpaired) electrons. The summed E-state index contributed by atoms with van der Waals surface area (Å²) >= 11 is 6.31. The van der Waals surface area contributed by atoms with Crippen LogP contribution < -0.4 is 5.32 Å². The number of hydrogen-bond donors (Lipinski definition) is 2. The Kier molecular flexibility index (Phi) is 3.61. The lowest BCUT2D eigenvalue weighted by Gasteiger charge is -2.38. The summed E-state index contributed by atoms with van der Waals surface area (Å²) in [7, 11) is 0. The van der Waals surface area contributed by atoms with Gasteiger partial charge < -0.3 is 10.4 Å². The minimum atomic E-state index is -0.897. The van der Waals surface area contributed by atoms with Crippen LogP contribution in [0.15, 0.2) is 48.6 Å². The second kappa shape index (κ2) is 5.67. The van der Waals surface area contributed by atoms with Gasteiger partial charge in [0.1, 0.15) is 0 Å². The molecule has 0 fully saturated rings. The fourth-order valence-corrected chi connectivity index (χ4v) is 4.11. The summed E-state index contributed by atoms with van der Waals surface area (Å²) in [5.74, 6) is -0.0818. The lowest BCUT2D eigenvalue weighted by atomic mass is 9.76. The number of fused-ring (bicyclic) bond motifs is 3. The summed E-state index contributed by atoms with van der Waals surface area (Å²) in [6, 6.07) is 11.4. The maximum Gasteiger partial charge on any atom is 0.335 e. The molecular formula is C20H18ClNO2. The van der Waals surface area contributed by atoms with Gasteiger partial charge in [-0.2, -0.15) is 0 Å². The third-order valence-electron chi connectivity index (χ3n) is 5.25. The zero-order chi connectivity index (χ0) is 16.8. The zero-order valence-corrected chi connectivity index (χ0v) is 14.0. The minimum absolute atomic E-state index is 0.150. The third-order valence-corrected chi connectivity index (χ3v) is 5.66. The Balaban J connectivity index is 1.77. The number of allylic oxidation sites excluding steroid dienone is 2. The Hall–Kier alpha value is -2.26. The van der Waals surface area contributed by atoms with Crippen LogP contribution in [0.3, 0.4) is 0 Å². The van der Waals surface area contributed by atoms with Crippen molar-refractivity contribution in [3.05, 3.63) is 75.8 Å². The number of carboxylic acids is 1. The normalized spacial score (nSPS) is 24.2. The molecule has 3 atom stereocenters. The average molecular weight is 340 g/mol. The molecule has 4 heteroatoms. The summed E-state index contributed by atoms with van der Waals surface area (Å²) < 4.78 is 0. The molecule has 1 aliphatic carbocycles. The lowest BCUT2D eigenvalue weighted by molar-refractivity contribution is 0.0697. The average Bonchev–Trinajstić information content (AvgIpc) is 3.07. The number of nitrogens with one attached hydrogen (secondary N) is 1. The molecule has 3 nitrogen and oxygen atoms in total. The molecular weight excluding hydrogens is 322 g/mol. The van der Waals surface area contributed by atoms with Crippen molar-refractivity contribution in [3.63, 3.8) is 0 Å². The van der Waals surface area contributed by atoms with Crippen molar-refractivity contribution in [1.29, 1.82) is 0 Å². The van der Waals surface area contributed by atoms with Gasteiger partial charge in [-0.1, -0.05) is 42.0 Å². The first-order chi connectivity index (χ1) is 11.6. The largest absolute Gasteiger partial charge is 0.478 e. The first-order valence-corrected chi connectivity index (χ1v) is 8.49. The van der Waals surface area contributed by atoms with E-state index in [-0.39, 0.29) is 6.04 Å². The van der Waals surface area contributed by atoms with E-state index in [1.165, 1.54) is 5.56 Å². The molecule has 0 amide bonds. The van der Waals surface area contributed by atoms with E-state index in [0.717, 1.165) is 28.3 Å². The van der Waals surface area contributed by atoms with Crippen molar-refractivity contribution in [3.8, 4) is 0 Å². The SMILES string of the molecule is Cc1c(Cl)ccc2c1NC(c1ccc(C(=O)O)cc1)C1CC=CC21. The van der Waals surface area contributed by atoms with Crippen molar-refractivity contribution >= 4 is 23.3 Å². The minimum Gasteiger partial charge on any atom is -0.478 e. The molecule has 1 aliphatic heterocycles. The molecule has 0 saturated heterocycles. The number of benzene rings is 2. The second-order valence-corrected chi connectivity index (χ2v) is 6.95. The molecule has 2 aliphatic rings. The maximum atomic E-state index is 11.1. The predicted octanol–water partition coefficient (Wildman–Crippen LogP) is 5.17. The van der Waals surface area contributed by atoms with Crippen LogP contribution in [0.2, 0.25) is 5.02 Å². The standard InChI is InChI=1S/C20H18ClNO2/c1-11-17(21)10-9-16-14-3-2-4-15(14)19(22-18(11)16)12-5-7-13(8-6-12)20(23)24/h2-3,5-10,14-15,19,22H,4H2,1H3,(H,23,24). The first-order valence-electron chi connectivity index (χ1n) is 8.11. The number of anilines is 1. The fraction of sp³-hybridized carbons (Fsp3) is 0.250. The van der Waals surface area contributed by atoms with E-state index in [9.17, 15) is 4.79 Å². The van der Waals surface area contributed by atoms with Gasteiger partial charge in [-0.25, -0.2) is 4.79 Å². The van der Waals surface area contributed by atoms with Gasteiger partial charge in [0.15, 0.2) is 0 Å². The number of rotatable bonds is 2. The molecule has 1 heterocycles. The number of halogens is 1. The van der Waals surface area contributed by atoms with Crippen molar-refractivity contribution in [2.75, 3.05) is 5.32 Å². The van der Waals surface area contributed by atoms with Crippen molar-refractivity contribution in [2.24, 2.45) is 5.92 Å². The highest BCUT2D eigenvalue weighted by molar-refractivity contribution is 6.31. The number of hydrogen-bond acceptors (Lipinski definition) is 2. The monoisotopic (exact) mass is 339 g/mol. The van der Waals surface area contributed by atoms with Crippen molar-refractivity contribution in [2.45, 2.75) is 25.3 Å². The summed E-state index contributed by atoms with van der Waals surface area (Å²) in [4.78, 5) is 11.1. The lowest BCUT2D eigenvalue weighted by Crippen LogP contribution is -2.29. The van der Waals surface area contributed by atoms with Gasteiger partial charge in [-0.3, -0.25) is 0 Å². The number of aromatic carboxylic acids is 1. The molecule has 4 rings (SSSR count). The van der Waals surface area contributed by atoms with Gasteiger partial charge >= 0.3 is 5.97 Å². The number of carboxylic acid groups (broad SMARTS) is 1. The number of carbonyl (C=O) groups is 1. The van der Waals surface area contributed by atoms with Crippen LogP contribution in [0.5, 0.6) is 0 Å². The van der Waals surface area contributed by atoms with E-state index >= 15 is 0 Å². The Morgan fingerprint density at radius 1 is 1.21 bits per heavy atom. The molecule has 2 aromatic rings. The third kappa shape index (κ3) is 2.31. The van der Waals surface area contributed by atoms with Crippen LogP contribution in [-0.2, 0) is 0 Å². The first kappa shape index (κ1) is 15.3.